The number of hydrogen-bond donors (Lipinski definition) is 1. The number of aromatic nitrogens is 2. The van der Waals surface area contributed by atoms with Crippen LogP contribution in [0.3, 0.4) is 0 Å². The van der Waals surface area contributed by atoms with Gasteiger partial charge in [0.2, 0.25) is 5.91 Å². The van der Waals surface area contributed by atoms with Gasteiger partial charge in [-0.3, -0.25) is 4.79 Å². The number of amides is 1. The number of halogens is 3. The summed E-state index contributed by atoms with van der Waals surface area (Å²) < 4.78 is 44.8. The summed E-state index contributed by atoms with van der Waals surface area (Å²) in [6.07, 6.45) is -4.52. The molecule has 0 saturated heterocycles. The van der Waals surface area contributed by atoms with E-state index in [1.807, 2.05) is 0 Å². The van der Waals surface area contributed by atoms with Crippen molar-refractivity contribution in [2.75, 3.05) is 7.11 Å². The molecule has 2 N–H and O–H groups in total. The number of hydrogen-bond acceptors (Lipinski definition) is 4. The predicted molar refractivity (Wildman–Crippen MR) is 113 cm³/mol. The van der Waals surface area contributed by atoms with Crippen molar-refractivity contribution in [3.63, 3.8) is 0 Å². The van der Waals surface area contributed by atoms with E-state index in [9.17, 15) is 18.0 Å². The monoisotopic (exact) mass is 437 g/mol. The summed E-state index contributed by atoms with van der Waals surface area (Å²) in [5.74, 6) is -0.797. The molecule has 1 atom stereocenters. The first kappa shape index (κ1) is 21.3. The molecule has 5 nitrogen and oxygen atoms in total. The van der Waals surface area contributed by atoms with Crippen molar-refractivity contribution in [3.05, 3.63) is 101 Å². The summed E-state index contributed by atoms with van der Waals surface area (Å²) in [7, 11) is 1.39. The lowest BCUT2D eigenvalue weighted by molar-refractivity contribution is -0.137. The van der Waals surface area contributed by atoms with Gasteiger partial charge in [-0.15, -0.1) is 0 Å². The Hall–Kier alpha value is -3.94. The summed E-state index contributed by atoms with van der Waals surface area (Å²) in [5.41, 5.74) is 4.91. The van der Waals surface area contributed by atoms with Gasteiger partial charge in [-0.05, 0) is 29.3 Å². The molecule has 4 aromatic rings. The number of para-hydroxylation sites is 1. The van der Waals surface area contributed by atoms with Gasteiger partial charge in [0.05, 0.1) is 23.9 Å². The summed E-state index contributed by atoms with van der Waals surface area (Å²) >= 11 is 0. The first-order chi connectivity index (χ1) is 15.3. The molecule has 1 heterocycles. The minimum atomic E-state index is -4.52. The first-order valence-electron chi connectivity index (χ1n) is 9.63. The van der Waals surface area contributed by atoms with E-state index in [-0.39, 0.29) is 17.3 Å². The van der Waals surface area contributed by atoms with Crippen LogP contribution in [0.4, 0.5) is 13.2 Å². The van der Waals surface area contributed by atoms with E-state index < -0.39 is 23.1 Å². The van der Waals surface area contributed by atoms with Gasteiger partial charge < -0.3 is 10.5 Å². The molecule has 0 saturated carbocycles. The van der Waals surface area contributed by atoms with Crippen molar-refractivity contribution < 1.29 is 22.7 Å². The van der Waals surface area contributed by atoms with Crippen molar-refractivity contribution in [1.29, 1.82) is 0 Å². The number of carbonyl (C=O) groups is 1. The average molecular weight is 437 g/mol. The smallest absolute Gasteiger partial charge is 0.416 e. The fourth-order valence-corrected chi connectivity index (χ4v) is 3.87. The summed E-state index contributed by atoms with van der Waals surface area (Å²) in [6.45, 7) is 0. The molecule has 3 aromatic carbocycles. The Bertz CT molecular complexity index is 1280. The molecule has 1 aromatic heterocycles. The highest BCUT2D eigenvalue weighted by Gasteiger charge is 2.46. The van der Waals surface area contributed by atoms with Gasteiger partial charge in [-0.2, -0.15) is 23.1 Å². The largest absolute Gasteiger partial charge is 0.467 e. The number of benzene rings is 3. The van der Waals surface area contributed by atoms with Crippen molar-refractivity contribution in [3.8, 4) is 6.01 Å². The zero-order valence-corrected chi connectivity index (χ0v) is 16.9. The van der Waals surface area contributed by atoms with Crippen molar-refractivity contribution in [1.82, 2.24) is 9.97 Å². The van der Waals surface area contributed by atoms with Gasteiger partial charge in [-0.25, -0.2) is 0 Å². The Labute approximate surface area is 181 Å². The molecule has 0 aliphatic heterocycles. The second kappa shape index (κ2) is 7.96. The van der Waals surface area contributed by atoms with E-state index >= 15 is 0 Å². The number of methoxy groups -OCH3 is 1. The van der Waals surface area contributed by atoms with Crippen molar-refractivity contribution in [2.24, 2.45) is 5.73 Å². The van der Waals surface area contributed by atoms with Crippen LogP contribution in [0.2, 0.25) is 0 Å². The maximum absolute atomic E-state index is 13.2. The standard InChI is InChI=1S/C24H18F3N3O2/c1-32-22-29-19-10-6-5-9-18(19)20(30-22)23(21(28)31,15-7-3-2-4-8-15)16-11-13-17(14-12-16)24(25,26)27/h2-14H,1H3,(H2,28,31). The predicted octanol–water partition coefficient (Wildman–Crippen LogP) is 4.48. The highest BCUT2D eigenvalue weighted by molar-refractivity contribution is 5.99. The number of carbonyl (C=O) groups excluding carboxylic acids is 1. The Morgan fingerprint density at radius 1 is 0.812 bits per heavy atom. The SMILES string of the molecule is COc1nc(C(C(N)=O)(c2ccccc2)c2ccc(C(F)(F)F)cc2)c2ccccc2n1. The van der Waals surface area contributed by atoms with E-state index in [2.05, 4.69) is 9.97 Å². The highest BCUT2D eigenvalue weighted by atomic mass is 19.4. The number of ether oxygens (including phenoxy) is 1. The molecular weight excluding hydrogens is 419 g/mol. The van der Waals surface area contributed by atoms with Crippen LogP contribution < -0.4 is 10.5 Å². The minimum absolute atomic E-state index is 0.00664. The quantitative estimate of drug-likeness (QED) is 0.500. The summed E-state index contributed by atoms with van der Waals surface area (Å²) in [6, 6.07) is 19.9. The zero-order valence-electron chi connectivity index (χ0n) is 16.9. The Kier molecular flexibility index (Phi) is 5.30. The Morgan fingerprint density at radius 3 is 1.97 bits per heavy atom. The number of alkyl halides is 3. The van der Waals surface area contributed by atoms with E-state index in [1.54, 1.807) is 54.6 Å². The molecule has 1 unspecified atom stereocenters. The molecule has 8 heteroatoms. The second-order valence-electron chi connectivity index (χ2n) is 7.13. The number of primary amides is 1. The maximum atomic E-state index is 13.2. The Morgan fingerprint density at radius 2 is 1.38 bits per heavy atom. The lowest BCUT2D eigenvalue weighted by atomic mass is 9.70. The third-order valence-corrected chi connectivity index (χ3v) is 5.34. The van der Waals surface area contributed by atoms with Gasteiger partial charge in [0.1, 0.15) is 5.41 Å². The normalized spacial score (nSPS) is 13.5. The van der Waals surface area contributed by atoms with Crippen molar-refractivity contribution in [2.45, 2.75) is 11.6 Å². The van der Waals surface area contributed by atoms with Gasteiger partial charge in [0.25, 0.3) is 0 Å². The van der Waals surface area contributed by atoms with Gasteiger partial charge >= 0.3 is 12.2 Å². The lowest BCUT2D eigenvalue weighted by Gasteiger charge is -2.32. The van der Waals surface area contributed by atoms with Crippen LogP contribution in [0.1, 0.15) is 22.4 Å². The van der Waals surface area contributed by atoms with Crippen LogP contribution >= 0.6 is 0 Å². The van der Waals surface area contributed by atoms with Crippen LogP contribution in [0.15, 0.2) is 78.9 Å². The number of fused-ring (bicyclic) bond motifs is 1. The molecule has 0 aliphatic carbocycles. The number of nitrogens with zero attached hydrogens (tertiary/aromatic N) is 2. The van der Waals surface area contributed by atoms with E-state index in [0.29, 0.717) is 16.5 Å². The molecule has 162 valence electrons. The third kappa shape index (κ3) is 3.43. The maximum Gasteiger partial charge on any atom is 0.416 e. The van der Waals surface area contributed by atoms with Gasteiger partial charge in [0, 0.05) is 5.39 Å². The molecule has 0 fully saturated rings. The van der Waals surface area contributed by atoms with Gasteiger partial charge in [-0.1, -0.05) is 60.7 Å². The van der Waals surface area contributed by atoms with Crippen LogP contribution in [0.5, 0.6) is 6.01 Å². The van der Waals surface area contributed by atoms with Crippen LogP contribution in [-0.2, 0) is 16.4 Å². The molecule has 0 bridgehead atoms. The first-order valence-corrected chi connectivity index (χ1v) is 9.63. The second-order valence-corrected chi connectivity index (χ2v) is 7.13. The van der Waals surface area contributed by atoms with Crippen LogP contribution in [0, 0.1) is 0 Å². The van der Waals surface area contributed by atoms with E-state index in [4.69, 9.17) is 10.5 Å². The van der Waals surface area contributed by atoms with Crippen LogP contribution in [-0.4, -0.2) is 23.0 Å². The Balaban J connectivity index is 2.13. The number of nitrogens with two attached hydrogens (primary N) is 1. The molecule has 4 rings (SSSR count). The van der Waals surface area contributed by atoms with Crippen LogP contribution in [0.25, 0.3) is 10.9 Å². The molecule has 0 radical (unpaired) electrons. The van der Waals surface area contributed by atoms with E-state index in [0.717, 1.165) is 12.1 Å². The molecular formula is C24H18F3N3O2. The highest BCUT2D eigenvalue weighted by Crippen LogP contribution is 2.42. The minimum Gasteiger partial charge on any atom is -0.467 e. The topological polar surface area (TPSA) is 78.1 Å². The number of rotatable bonds is 5. The van der Waals surface area contributed by atoms with Gasteiger partial charge in [0.15, 0.2) is 0 Å². The summed E-state index contributed by atoms with van der Waals surface area (Å²) in [4.78, 5) is 22.1. The fraction of sp³-hybridized carbons (Fsp3) is 0.125. The molecule has 1 amide bonds. The van der Waals surface area contributed by atoms with E-state index in [1.165, 1.54) is 19.2 Å². The fourth-order valence-electron chi connectivity index (χ4n) is 3.87. The average Bonchev–Trinajstić information content (AvgIpc) is 2.79. The summed E-state index contributed by atoms with van der Waals surface area (Å²) in [5, 5.41) is 0.524. The third-order valence-electron chi connectivity index (χ3n) is 5.34. The molecule has 0 aliphatic rings. The molecule has 32 heavy (non-hydrogen) atoms. The van der Waals surface area contributed by atoms with Crippen molar-refractivity contribution >= 4 is 16.8 Å². The zero-order chi connectivity index (χ0) is 22.9. The molecule has 0 spiro atoms. The lowest BCUT2D eigenvalue weighted by Crippen LogP contribution is -2.44.